The number of rotatable bonds is 4. The van der Waals surface area contributed by atoms with Gasteiger partial charge in [-0.3, -0.25) is 4.72 Å². The lowest BCUT2D eigenvalue weighted by Gasteiger charge is -2.02. The van der Waals surface area contributed by atoms with Crippen LogP contribution < -0.4 is 10.5 Å². The van der Waals surface area contributed by atoms with Gasteiger partial charge in [-0.25, -0.2) is 8.42 Å². The number of nitrogens with zero attached hydrogens (tertiary/aromatic N) is 2. The number of hydrogen-bond acceptors (Lipinski definition) is 7. The van der Waals surface area contributed by atoms with Crippen molar-refractivity contribution >= 4 is 53.8 Å². The average Bonchev–Trinajstić information content (AvgIpc) is 2.86. The van der Waals surface area contributed by atoms with Gasteiger partial charge in [0.1, 0.15) is 10.4 Å². The van der Waals surface area contributed by atoms with Gasteiger partial charge in [-0.15, -0.1) is 21.5 Å². The Labute approximate surface area is 114 Å². The molecule has 0 fully saturated rings. The molecule has 0 bridgehead atoms. The Bertz CT molecular complexity index is 607. The van der Waals surface area contributed by atoms with Gasteiger partial charge in [0, 0.05) is 11.4 Å². The molecule has 0 aromatic carbocycles. The van der Waals surface area contributed by atoms with Crippen molar-refractivity contribution in [3.8, 4) is 0 Å². The number of sulfonamides is 1. The zero-order chi connectivity index (χ0) is 12.5. The third kappa shape index (κ3) is 2.83. The fraction of sp³-hybridized carbons (Fsp3) is 0.143. The minimum atomic E-state index is -3.64. The van der Waals surface area contributed by atoms with E-state index in [4.69, 9.17) is 5.73 Å². The van der Waals surface area contributed by atoms with Crippen molar-refractivity contribution < 1.29 is 8.42 Å². The van der Waals surface area contributed by atoms with Gasteiger partial charge in [0.15, 0.2) is 0 Å². The molecule has 6 nitrogen and oxygen atoms in total. The van der Waals surface area contributed by atoms with Crippen LogP contribution in [-0.4, -0.2) is 18.6 Å². The molecule has 0 aliphatic rings. The van der Waals surface area contributed by atoms with Crippen LogP contribution in [0.4, 0.5) is 5.13 Å². The molecule has 10 heteroatoms. The van der Waals surface area contributed by atoms with Crippen LogP contribution in [0.15, 0.2) is 20.3 Å². The highest BCUT2D eigenvalue weighted by Crippen LogP contribution is 2.32. The predicted octanol–water partition coefficient (Wildman–Crippen LogP) is 1.62. The Morgan fingerprint density at radius 1 is 1.53 bits per heavy atom. The van der Waals surface area contributed by atoms with Crippen LogP contribution >= 0.6 is 38.6 Å². The van der Waals surface area contributed by atoms with E-state index in [9.17, 15) is 8.42 Å². The first-order chi connectivity index (χ1) is 8.03. The zero-order valence-electron chi connectivity index (χ0n) is 8.25. The van der Waals surface area contributed by atoms with Gasteiger partial charge in [0.05, 0.1) is 3.79 Å². The van der Waals surface area contributed by atoms with E-state index < -0.39 is 10.0 Å². The number of nitrogens with two attached hydrogens (primary N) is 1. The molecular formula is C7H7BrN4O2S3. The van der Waals surface area contributed by atoms with Crippen LogP contribution in [0.1, 0.15) is 4.88 Å². The molecule has 0 radical (unpaired) electrons. The van der Waals surface area contributed by atoms with Crippen molar-refractivity contribution in [1.82, 2.24) is 10.2 Å². The summed E-state index contributed by atoms with van der Waals surface area (Å²) < 4.78 is 26.9. The Kier molecular flexibility index (Phi) is 3.78. The molecular weight excluding hydrogens is 348 g/mol. The molecule has 0 unspecified atom stereocenters. The summed E-state index contributed by atoms with van der Waals surface area (Å²) in [4.78, 5) is 0.952. The highest BCUT2D eigenvalue weighted by atomic mass is 79.9. The summed E-state index contributed by atoms with van der Waals surface area (Å²) >= 11 is 5.62. The van der Waals surface area contributed by atoms with E-state index in [1.165, 1.54) is 22.9 Å². The molecule has 2 aromatic rings. The maximum atomic E-state index is 12.0. The molecule has 0 aliphatic heterocycles. The fourth-order valence-electron chi connectivity index (χ4n) is 1.07. The number of nitrogens with one attached hydrogen (secondary N) is 1. The molecule has 2 heterocycles. The van der Waals surface area contributed by atoms with Crippen LogP contribution in [0.5, 0.6) is 0 Å². The van der Waals surface area contributed by atoms with Crippen molar-refractivity contribution in [3.05, 3.63) is 20.2 Å². The predicted molar refractivity (Wildman–Crippen MR) is 70.6 cm³/mol. The molecule has 0 aliphatic carbocycles. The number of thiophene rings is 1. The highest BCUT2D eigenvalue weighted by molar-refractivity contribution is 9.11. The van der Waals surface area contributed by atoms with E-state index in [0.29, 0.717) is 10.3 Å². The molecule has 17 heavy (non-hydrogen) atoms. The van der Waals surface area contributed by atoms with Crippen LogP contribution in [0, 0.1) is 0 Å². The summed E-state index contributed by atoms with van der Waals surface area (Å²) in [5.74, 6) is 0. The lowest BCUT2D eigenvalue weighted by atomic mass is 10.5. The van der Waals surface area contributed by atoms with Gasteiger partial charge in [-0.2, -0.15) is 0 Å². The normalized spacial score (nSPS) is 11.6. The quantitative estimate of drug-likeness (QED) is 0.869. The van der Waals surface area contributed by atoms with Crippen LogP contribution in [0.2, 0.25) is 0 Å². The van der Waals surface area contributed by atoms with E-state index in [1.54, 1.807) is 0 Å². The van der Waals surface area contributed by atoms with Gasteiger partial charge in [0.25, 0.3) is 10.0 Å². The molecule has 2 rings (SSSR count). The van der Waals surface area contributed by atoms with Gasteiger partial charge in [-0.1, -0.05) is 11.3 Å². The largest absolute Gasteiger partial charge is 0.326 e. The van der Waals surface area contributed by atoms with Crippen LogP contribution in [0.3, 0.4) is 0 Å². The van der Waals surface area contributed by atoms with Gasteiger partial charge in [-0.05, 0) is 22.0 Å². The molecule has 0 saturated carbocycles. The second-order valence-corrected chi connectivity index (χ2v) is 7.84. The summed E-state index contributed by atoms with van der Waals surface area (Å²) in [7, 11) is -3.64. The fourth-order valence-corrected chi connectivity index (χ4v) is 5.32. The molecule has 92 valence electrons. The van der Waals surface area contributed by atoms with Gasteiger partial charge < -0.3 is 5.73 Å². The second kappa shape index (κ2) is 4.98. The van der Waals surface area contributed by atoms with Crippen molar-refractivity contribution in [2.75, 3.05) is 4.72 Å². The number of anilines is 1. The standard InChI is InChI=1S/C7H7BrN4O2S3/c8-6-5(1-4(2-9)16-6)17(13,14)12-7-11-10-3-15-7/h1,3H,2,9H2,(H,11,12). The maximum absolute atomic E-state index is 12.0. The van der Waals surface area contributed by atoms with Crippen LogP contribution in [-0.2, 0) is 16.6 Å². The topological polar surface area (TPSA) is 98.0 Å². The monoisotopic (exact) mass is 354 g/mol. The lowest BCUT2D eigenvalue weighted by molar-refractivity contribution is 0.601. The Morgan fingerprint density at radius 3 is 2.82 bits per heavy atom. The Hall–Kier alpha value is -0.550. The van der Waals surface area contributed by atoms with Crippen molar-refractivity contribution in [1.29, 1.82) is 0 Å². The number of aromatic nitrogens is 2. The van der Waals surface area contributed by atoms with Gasteiger partial charge >= 0.3 is 0 Å². The maximum Gasteiger partial charge on any atom is 0.265 e. The summed E-state index contributed by atoms with van der Waals surface area (Å²) in [6, 6.07) is 1.54. The van der Waals surface area contributed by atoms with Crippen molar-refractivity contribution in [2.45, 2.75) is 11.4 Å². The van der Waals surface area contributed by atoms with E-state index >= 15 is 0 Å². The summed E-state index contributed by atoms with van der Waals surface area (Å²) in [5, 5.41) is 7.42. The van der Waals surface area contributed by atoms with E-state index in [2.05, 4.69) is 30.8 Å². The third-order valence-corrected chi connectivity index (χ3v) is 6.13. The highest BCUT2D eigenvalue weighted by Gasteiger charge is 2.21. The Morgan fingerprint density at radius 2 is 2.29 bits per heavy atom. The average molecular weight is 355 g/mol. The molecule has 0 spiro atoms. The first-order valence-corrected chi connectivity index (χ1v) is 8.27. The Balaban J connectivity index is 2.34. The second-order valence-electron chi connectivity index (χ2n) is 2.90. The first kappa shape index (κ1) is 12.9. The van der Waals surface area contributed by atoms with E-state index in [1.807, 2.05) is 0 Å². The SMILES string of the molecule is NCc1cc(S(=O)(=O)Nc2nncs2)c(Br)s1. The summed E-state index contributed by atoms with van der Waals surface area (Å²) in [6.45, 7) is 0.303. The molecule has 2 aromatic heterocycles. The molecule has 0 atom stereocenters. The number of halogens is 1. The van der Waals surface area contributed by atoms with Crippen LogP contribution in [0.25, 0.3) is 0 Å². The molecule has 0 saturated heterocycles. The van der Waals surface area contributed by atoms with Crippen molar-refractivity contribution in [2.24, 2.45) is 5.73 Å². The minimum Gasteiger partial charge on any atom is -0.326 e. The lowest BCUT2D eigenvalue weighted by Crippen LogP contribution is -2.12. The van der Waals surface area contributed by atoms with Crippen molar-refractivity contribution in [3.63, 3.8) is 0 Å². The summed E-state index contributed by atoms with van der Waals surface area (Å²) in [6.07, 6.45) is 0. The smallest absolute Gasteiger partial charge is 0.265 e. The summed E-state index contributed by atoms with van der Waals surface area (Å²) in [5.41, 5.74) is 6.92. The minimum absolute atomic E-state index is 0.165. The molecule has 3 N–H and O–H groups in total. The molecule has 0 amide bonds. The van der Waals surface area contributed by atoms with E-state index in [0.717, 1.165) is 16.2 Å². The zero-order valence-corrected chi connectivity index (χ0v) is 12.3. The van der Waals surface area contributed by atoms with Gasteiger partial charge in [0.2, 0.25) is 5.13 Å². The first-order valence-electron chi connectivity index (χ1n) is 4.30. The van der Waals surface area contributed by atoms with E-state index in [-0.39, 0.29) is 10.0 Å². The number of hydrogen-bond donors (Lipinski definition) is 2. The third-order valence-electron chi connectivity index (χ3n) is 1.78.